The third-order valence-corrected chi connectivity index (χ3v) is 4.30. The van der Waals surface area contributed by atoms with Crippen LogP contribution in [0.3, 0.4) is 0 Å². The number of hydrogen-bond acceptors (Lipinski definition) is 4. The fourth-order valence-corrected chi connectivity index (χ4v) is 3.22. The molecule has 2 rings (SSSR count). The Balaban J connectivity index is 2.11. The van der Waals surface area contributed by atoms with Crippen LogP contribution in [0, 0.1) is 0 Å². The Morgan fingerprint density at radius 2 is 2.11 bits per heavy atom. The van der Waals surface area contributed by atoms with Gasteiger partial charge in [0.1, 0.15) is 4.88 Å². The predicted molar refractivity (Wildman–Crippen MR) is 73.9 cm³/mol. The first kappa shape index (κ1) is 14.0. The van der Waals surface area contributed by atoms with Crippen molar-refractivity contribution < 1.29 is 14.7 Å². The second-order valence-corrected chi connectivity index (χ2v) is 6.11. The second-order valence-electron chi connectivity index (χ2n) is 5.03. The van der Waals surface area contributed by atoms with Crippen molar-refractivity contribution in [3.63, 3.8) is 0 Å². The number of nitrogens with zero attached hydrogens (tertiary/aromatic N) is 2. The summed E-state index contributed by atoms with van der Waals surface area (Å²) in [5.41, 5.74) is 0. The smallest absolute Gasteiger partial charge is 0.345 e. The van der Waals surface area contributed by atoms with E-state index in [1.807, 2.05) is 19.0 Å². The van der Waals surface area contributed by atoms with E-state index in [2.05, 4.69) is 4.90 Å². The quantitative estimate of drug-likeness (QED) is 0.911. The van der Waals surface area contributed by atoms with E-state index in [0.29, 0.717) is 4.88 Å². The molecule has 5 nitrogen and oxygen atoms in total. The van der Waals surface area contributed by atoms with E-state index in [4.69, 9.17) is 5.11 Å². The third kappa shape index (κ3) is 3.13. The lowest BCUT2D eigenvalue weighted by Crippen LogP contribution is -2.41. The Bertz CT molecular complexity index is 484. The molecular formula is C13H18N2O3S. The van der Waals surface area contributed by atoms with Gasteiger partial charge in [-0.1, -0.05) is 0 Å². The fourth-order valence-electron chi connectivity index (χ4n) is 2.42. The molecule has 0 radical (unpaired) electrons. The number of likely N-dealkylation sites (N-methyl/N-ethyl adjacent to an activating group) is 1. The van der Waals surface area contributed by atoms with Gasteiger partial charge >= 0.3 is 5.97 Å². The minimum Gasteiger partial charge on any atom is -0.477 e. The molecule has 6 heteroatoms. The number of rotatable bonds is 4. The minimum absolute atomic E-state index is 0.0400. The summed E-state index contributed by atoms with van der Waals surface area (Å²) in [6.45, 7) is 1.61. The van der Waals surface area contributed by atoms with Crippen molar-refractivity contribution in [3.8, 4) is 0 Å². The Kier molecular flexibility index (Phi) is 4.21. The summed E-state index contributed by atoms with van der Waals surface area (Å²) in [6, 6.07) is 3.34. The maximum Gasteiger partial charge on any atom is 0.345 e. The van der Waals surface area contributed by atoms with Gasteiger partial charge in [-0.2, -0.15) is 0 Å². The molecular weight excluding hydrogens is 264 g/mol. The SMILES string of the molecule is CN(C)CC1CCCN1C(=O)c1ccc(C(=O)O)s1. The molecule has 1 atom stereocenters. The van der Waals surface area contributed by atoms with Gasteiger partial charge in [-0.25, -0.2) is 4.79 Å². The molecule has 1 saturated heterocycles. The number of likely N-dealkylation sites (tertiary alicyclic amines) is 1. The summed E-state index contributed by atoms with van der Waals surface area (Å²) in [7, 11) is 3.99. The predicted octanol–water partition coefficient (Wildman–Crippen LogP) is 1.61. The van der Waals surface area contributed by atoms with Crippen molar-refractivity contribution in [2.45, 2.75) is 18.9 Å². The summed E-state index contributed by atoms with van der Waals surface area (Å²) in [5, 5.41) is 8.90. The molecule has 1 amide bonds. The van der Waals surface area contributed by atoms with Gasteiger partial charge in [0.05, 0.1) is 4.88 Å². The number of carbonyl (C=O) groups excluding carboxylic acids is 1. The zero-order valence-corrected chi connectivity index (χ0v) is 11.9. The van der Waals surface area contributed by atoms with Gasteiger partial charge in [-0.3, -0.25) is 4.79 Å². The Hall–Kier alpha value is -1.40. The van der Waals surface area contributed by atoms with E-state index >= 15 is 0 Å². The largest absolute Gasteiger partial charge is 0.477 e. The second kappa shape index (κ2) is 5.71. The molecule has 104 valence electrons. The van der Waals surface area contributed by atoms with Gasteiger partial charge < -0.3 is 14.9 Å². The molecule has 0 aromatic carbocycles. The van der Waals surface area contributed by atoms with Crippen molar-refractivity contribution in [2.24, 2.45) is 0 Å². The molecule has 0 aliphatic carbocycles. The van der Waals surface area contributed by atoms with Crippen molar-refractivity contribution in [2.75, 3.05) is 27.2 Å². The lowest BCUT2D eigenvalue weighted by atomic mass is 10.2. The van der Waals surface area contributed by atoms with Crippen molar-refractivity contribution in [3.05, 3.63) is 21.9 Å². The standard InChI is InChI=1S/C13H18N2O3S/c1-14(2)8-9-4-3-7-15(9)12(16)10-5-6-11(19-10)13(17)18/h5-6,9H,3-4,7-8H2,1-2H3,(H,17,18). The van der Waals surface area contributed by atoms with Gasteiger partial charge in [0.25, 0.3) is 5.91 Å². The lowest BCUT2D eigenvalue weighted by Gasteiger charge is -2.26. The number of carboxylic acids is 1. The fraction of sp³-hybridized carbons (Fsp3) is 0.538. The number of aromatic carboxylic acids is 1. The van der Waals surface area contributed by atoms with Crippen LogP contribution in [0.25, 0.3) is 0 Å². The maximum atomic E-state index is 12.4. The van der Waals surface area contributed by atoms with Crippen molar-refractivity contribution >= 4 is 23.2 Å². The summed E-state index contributed by atoms with van der Waals surface area (Å²) < 4.78 is 0. The molecule has 1 N–H and O–H groups in total. The number of carboxylic acid groups (broad SMARTS) is 1. The van der Waals surface area contributed by atoms with E-state index in [1.54, 1.807) is 6.07 Å². The molecule has 19 heavy (non-hydrogen) atoms. The summed E-state index contributed by atoms with van der Waals surface area (Å²) >= 11 is 1.05. The van der Waals surface area contributed by atoms with Crippen LogP contribution in [0.2, 0.25) is 0 Å². The number of hydrogen-bond donors (Lipinski definition) is 1. The zero-order chi connectivity index (χ0) is 14.0. The normalized spacial score (nSPS) is 19.1. The topological polar surface area (TPSA) is 60.9 Å². The third-order valence-electron chi connectivity index (χ3n) is 3.24. The Morgan fingerprint density at radius 1 is 1.42 bits per heavy atom. The van der Waals surface area contributed by atoms with Gasteiger partial charge in [-0.15, -0.1) is 11.3 Å². The average Bonchev–Trinajstić information content (AvgIpc) is 2.95. The van der Waals surface area contributed by atoms with Crippen LogP contribution in [-0.2, 0) is 0 Å². The van der Waals surface area contributed by atoms with E-state index in [1.165, 1.54) is 6.07 Å². The number of amides is 1. The van der Waals surface area contributed by atoms with Gasteiger partial charge in [0.2, 0.25) is 0 Å². The van der Waals surface area contributed by atoms with Crippen LogP contribution in [0.1, 0.15) is 32.2 Å². The summed E-state index contributed by atoms with van der Waals surface area (Å²) in [5.74, 6) is -1.02. The molecule has 1 unspecified atom stereocenters. The summed E-state index contributed by atoms with van der Waals surface area (Å²) in [4.78, 5) is 27.9. The van der Waals surface area contributed by atoms with Crippen LogP contribution in [0.5, 0.6) is 0 Å². The molecule has 1 aliphatic heterocycles. The maximum absolute atomic E-state index is 12.4. The van der Waals surface area contributed by atoms with Gasteiger partial charge in [-0.05, 0) is 39.1 Å². The highest BCUT2D eigenvalue weighted by Gasteiger charge is 2.30. The molecule has 1 aliphatic rings. The molecule has 0 spiro atoms. The molecule has 1 aromatic heterocycles. The van der Waals surface area contributed by atoms with E-state index in [9.17, 15) is 9.59 Å². The van der Waals surface area contributed by atoms with Crippen molar-refractivity contribution in [1.29, 1.82) is 0 Å². The van der Waals surface area contributed by atoms with E-state index in [-0.39, 0.29) is 16.8 Å². The summed E-state index contributed by atoms with van der Waals surface area (Å²) in [6.07, 6.45) is 2.03. The van der Waals surface area contributed by atoms with Crippen LogP contribution in [0.15, 0.2) is 12.1 Å². The van der Waals surface area contributed by atoms with Crippen LogP contribution in [0.4, 0.5) is 0 Å². The van der Waals surface area contributed by atoms with Gasteiger partial charge in [0.15, 0.2) is 0 Å². The Morgan fingerprint density at radius 3 is 2.68 bits per heavy atom. The van der Waals surface area contributed by atoms with Crippen LogP contribution in [-0.4, -0.2) is 60.0 Å². The highest BCUT2D eigenvalue weighted by atomic mass is 32.1. The van der Waals surface area contributed by atoms with Crippen LogP contribution < -0.4 is 0 Å². The zero-order valence-electron chi connectivity index (χ0n) is 11.1. The lowest BCUT2D eigenvalue weighted by molar-refractivity contribution is 0.0699. The highest BCUT2D eigenvalue weighted by Crippen LogP contribution is 2.24. The van der Waals surface area contributed by atoms with E-state index < -0.39 is 5.97 Å². The average molecular weight is 282 g/mol. The first-order valence-corrected chi connectivity index (χ1v) is 7.09. The van der Waals surface area contributed by atoms with E-state index in [0.717, 1.165) is 37.3 Å². The first-order chi connectivity index (χ1) is 8.99. The molecule has 0 bridgehead atoms. The molecule has 2 heterocycles. The number of thiophene rings is 1. The molecule has 1 aromatic rings. The number of carbonyl (C=O) groups is 2. The minimum atomic E-state index is -0.977. The Labute approximate surface area is 116 Å². The molecule has 1 fully saturated rings. The first-order valence-electron chi connectivity index (χ1n) is 6.28. The monoisotopic (exact) mass is 282 g/mol. The highest BCUT2D eigenvalue weighted by molar-refractivity contribution is 7.15. The van der Waals surface area contributed by atoms with Crippen LogP contribution >= 0.6 is 11.3 Å². The van der Waals surface area contributed by atoms with Crippen molar-refractivity contribution in [1.82, 2.24) is 9.80 Å². The molecule has 0 saturated carbocycles. The van der Waals surface area contributed by atoms with Gasteiger partial charge in [0, 0.05) is 19.1 Å².